The van der Waals surface area contributed by atoms with E-state index in [2.05, 4.69) is 146 Å². The molecule has 0 unspecified atom stereocenters. The first-order valence-electron chi connectivity index (χ1n) is 16.6. The largest absolute Gasteiger partial charge is 0.335 e. The number of unbranched alkanes of at least 4 members (excludes halogenated alkanes) is 3. The highest BCUT2D eigenvalue weighted by molar-refractivity contribution is 7.20. The van der Waals surface area contributed by atoms with Gasteiger partial charge in [-0.3, -0.25) is 0 Å². The van der Waals surface area contributed by atoms with Crippen LogP contribution >= 0.6 is 0 Å². The number of hydrogen-bond donors (Lipinski definition) is 1. The Kier molecular flexibility index (Phi) is 13.6. The average Bonchev–Trinajstić information content (AvgIpc) is 3.00. The Morgan fingerprint density at radius 1 is 0.405 bits per heavy atom. The lowest BCUT2D eigenvalue weighted by Gasteiger charge is -2.48. The van der Waals surface area contributed by atoms with E-state index in [1.54, 1.807) is 0 Å². The smallest absolute Gasteiger partial charge is 0.109 e. The Morgan fingerprint density at radius 3 is 0.857 bits per heavy atom. The summed E-state index contributed by atoms with van der Waals surface area (Å²) in [4.78, 5) is 1.84. The lowest BCUT2D eigenvalue weighted by atomic mass is 9.11. The Balaban J connectivity index is 0.000000316. The maximum atomic E-state index is 2.33. The van der Waals surface area contributed by atoms with Gasteiger partial charge in [0.1, 0.15) is 6.15 Å². The summed E-state index contributed by atoms with van der Waals surface area (Å²) in [7, 11) is 0. The highest BCUT2D eigenvalue weighted by Crippen LogP contribution is 2.16. The third-order valence-electron chi connectivity index (χ3n) is 9.27. The highest BCUT2D eigenvalue weighted by Gasteiger charge is 2.35. The van der Waals surface area contributed by atoms with E-state index in [0.29, 0.717) is 0 Å². The molecule has 0 fully saturated rings. The van der Waals surface area contributed by atoms with Gasteiger partial charge in [0.2, 0.25) is 0 Å². The molecular weight excluding hydrogens is 505 g/mol. The standard InChI is InChI=1S/C28H28B.C12H27N/c1-21-13-5-9-17-25(21)29(26-18-10-6-14-22(26)2,27-19-11-7-15-23(27)3)28-20-12-8-16-24(28)4;1-4-7-10-13(11-8-5-2)12-9-6-3/h5-20H,1-4H3;4-12H2,1-3H3/q-1;/p+1. The zero-order valence-electron chi connectivity index (χ0n) is 27.7. The van der Waals surface area contributed by atoms with E-state index >= 15 is 0 Å². The fourth-order valence-corrected chi connectivity index (χ4v) is 6.95. The van der Waals surface area contributed by atoms with Crippen molar-refractivity contribution in [2.45, 2.75) is 87.0 Å². The number of hydrogen-bond acceptors (Lipinski definition) is 0. The van der Waals surface area contributed by atoms with Crippen LogP contribution in [0.15, 0.2) is 97.1 Å². The van der Waals surface area contributed by atoms with Gasteiger partial charge in [0.15, 0.2) is 0 Å². The molecule has 0 aromatic heterocycles. The molecule has 0 spiro atoms. The molecule has 4 rings (SSSR count). The summed E-state index contributed by atoms with van der Waals surface area (Å²) in [6, 6.07) is 35.7. The molecule has 0 saturated carbocycles. The minimum Gasteiger partial charge on any atom is -0.335 e. The lowest BCUT2D eigenvalue weighted by molar-refractivity contribution is -0.900. The van der Waals surface area contributed by atoms with E-state index in [1.807, 2.05) is 4.90 Å². The third kappa shape index (κ3) is 8.04. The Morgan fingerprint density at radius 2 is 0.643 bits per heavy atom. The minimum absolute atomic E-state index is 1.32. The van der Waals surface area contributed by atoms with Crippen molar-refractivity contribution in [1.82, 2.24) is 0 Å². The zero-order chi connectivity index (χ0) is 30.4. The second-order valence-electron chi connectivity index (χ2n) is 12.4. The van der Waals surface area contributed by atoms with Crippen molar-refractivity contribution in [1.29, 1.82) is 0 Å². The summed E-state index contributed by atoms with van der Waals surface area (Å²) in [6.07, 6.45) is 6.95. The van der Waals surface area contributed by atoms with Gasteiger partial charge in [0, 0.05) is 0 Å². The predicted molar refractivity (Wildman–Crippen MR) is 189 cm³/mol. The van der Waals surface area contributed by atoms with Crippen molar-refractivity contribution in [2.24, 2.45) is 0 Å². The van der Waals surface area contributed by atoms with E-state index < -0.39 is 6.15 Å². The van der Waals surface area contributed by atoms with E-state index in [0.717, 1.165) is 0 Å². The van der Waals surface area contributed by atoms with Crippen molar-refractivity contribution in [2.75, 3.05) is 19.6 Å². The van der Waals surface area contributed by atoms with E-state index in [9.17, 15) is 0 Å². The van der Waals surface area contributed by atoms with Gasteiger partial charge in [-0.1, -0.05) is 159 Å². The number of rotatable bonds is 13. The molecule has 42 heavy (non-hydrogen) atoms. The predicted octanol–water partition coefficient (Wildman–Crippen LogP) is 6.57. The van der Waals surface area contributed by atoms with Crippen LogP contribution in [0.1, 0.15) is 81.5 Å². The van der Waals surface area contributed by atoms with Crippen LogP contribution in [0, 0.1) is 27.7 Å². The Bertz CT molecular complexity index is 1150. The minimum atomic E-state index is -1.32. The molecule has 0 saturated heterocycles. The van der Waals surface area contributed by atoms with Crippen LogP contribution in [-0.4, -0.2) is 25.8 Å². The first-order valence-corrected chi connectivity index (χ1v) is 16.6. The van der Waals surface area contributed by atoms with E-state index in [4.69, 9.17) is 0 Å². The van der Waals surface area contributed by atoms with Gasteiger partial charge < -0.3 is 4.90 Å². The summed E-state index contributed by atoms with van der Waals surface area (Å²) < 4.78 is 0. The van der Waals surface area contributed by atoms with Crippen molar-refractivity contribution in [3.8, 4) is 0 Å². The SMILES string of the molecule is CCCC[NH+](CCCC)CCCC.Cc1ccccc1[B-](c1ccccc1C)(c1ccccc1C)c1ccccc1C. The fraction of sp³-hybridized carbons (Fsp3) is 0.400. The van der Waals surface area contributed by atoms with Crippen LogP contribution in [-0.2, 0) is 0 Å². The molecule has 0 aliphatic rings. The van der Waals surface area contributed by atoms with Crippen LogP contribution in [0.3, 0.4) is 0 Å². The van der Waals surface area contributed by atoms with Gasteiger partial charge in [-0.05, 0) is 47.0 Å². The molecule has 0 bridgehead atoms. The monoisotopic (exact) mass is 561 g/mol. The van der Waals surface area contributed by atoms with Crippen molar-refractivity contribution >= 4 is 28.0 Å². The summed E-state index contributed by atoms with van der Waals surface area (Å²) >= 11 is 0. The third-order valence-corrected chi connectivity index (χ3v) is 9.27. The molecule has 0 heterocycles. The molecule has 2 heteroatoms. The van der Waals surface area contributed by atoms with Crippen LogP contribution in [0.25, 0.3) is 0 Å². The second kappa shape index (κ2) is 17.1. The van der Waals surface area contributed by atoms with Gasteiger partial charge in [-0.2, -0.15) is 21.9 Å². The molecule has 0 radical (unpaired) electrons. The number of quaternary nitrogens is 1. The normalized spacial score (nSPS) is 11.3. The first-order chi connectivity index (χ1) is 20.4. The van der Waals surface area contributed by atoms with E-state index in [1.165, 1.54) is 102 Å². The molecule has 0 amide bonds. The number of aryl methyl sites for hydroxylation is 4. The first kappa shape index (κ1) is 33.4. The second-order valence-corrected chi connectivity index (χ2v) is 12.4. The van der Waals surface area contributed by atoms with Crippen LogP contribution in [0.2, 0.25) is 0 Å². The average molecular weight is 562 g/mol. The van der Waals surface area contributed by atoms with Gasteiger partial charge in [-0.25, -0.2) is 0 Å². The van der Waals surface area contributed by atoms with Crippen molar-refractivity contribution in [3.05, 3.63) is 119 Å². The van der Waals surface area contributed by atoms with Crippen LogP contribution in [0.5, 0.6) is 0 Å². The summed E-state index contributed by atoms with van der Waals surface area (Å²) in [5.74, 6) is 0. The molecular formula is C40H56BN. The Labute approximate surface area is 258 Å². The van der Waals surface area contributed by atoms with Gasteiger partial charge >= 0.3 is 0 Å². The molecule has 1 N–H and O–H groups in total. The van der Waals surface area contributed by atoms with Crippen LogP contribution in [0.4, 0.5) is 0 Å². The highest BCUT2D eigenvalue weighted by atomic mass is 15.1. The van der Waals surface area contributed by atoms with Gasteiger partial charge in [0.25, 0.3) is 0 Å². The lowest BCUT2D eigenvalue weighted by Crippen LogP contribution is -3.12. The summed E-state index contributed by atoms with van der Waals surface area (Å²) in [5, 5.41) is 0. The topological polar surface area (TPSA) is 4.44 Å². The maximum Gasteiger partial charge on any atom is 0.109 e. The molecule has 0 aliphatic carbocycles. The van der Waals surface area contributed by atoms with E-state index in [-0.39, 0.29) is 0 Å². The van der Waals surface area contributed by atoms with Gasteiger partial charge in [-0.15, -0.1) is 0 Å². The zero-order valence-corrected chi connectivity index (χ0v) is 27.7. The molecule has 224 valence electrons. The Hall–Kier alpha value is -3.10. The van der Waals surface area contributed by atoms with Gasteiger partial charge in [0.05, 0.1) is 19.6 Å². The quantitative estimate of drug-likeness (QED) is 0.176. The summed E-state index contributed by atoms with van der Waals surface area (Å²) in [5.41, 5.74) is 11.0. The molecule has 0 atom stereocenters. The fourth-order valence-electron chi connectivity index (χ4n) is 6.95. The molecule has 4 aromatic rings. The molecule has 1 nitrogen and oxygen atoms in total. The maximum absolute atomic E-state index is 2.33. The van der Waals surface area contributed by atoms with Crippen LogP contribution < -0.4 is 26.8 Å². The number of nitrogens with one attached hydrogen (secondary N) is 1. The molecule has 4 aromatic carbocycles. The summed E-state index contributed by atoms with van der Waals surface area (Å²) in [6.45, 7) is 20.1. The number of benzene rings is 4. The molecule has 0 aliphatic heterocycles. The van der Waals surface area contributed by atoms with Crippen molar-refractivity contribution < 1.29 is 4.90 Å². The van der Waals surface area contributed by atoms with Crippen molar-refractivity contribution in [3.63, 3.8) is 0 Å².